The molecule has 0 radical (unpaired) electrons. The number of halogens is 1. The van der Waals surface area contributed by atoms with Gasteiger partial charge in [0, 0.05) is 19.0 Å². The summed E-state index contributed by atoms with van der Waals surface area (Å²) in [5.74, 6) is 0.606. The van der Waals surface area contributed by atoms with Crippen molar-refractivity contribution >= 4 is 28.1 Å². The van der Waals surface area contributed by atoms with E-state index in [4.69, 9.17) is 11.6 Å². The maximum Gasteiger partial charge on any atom is 0.208 e. The van der Waals surface area contributed by atoms with Crippen molar-refractivity contribution in [2.75, 3.05) is 17.8 Å². The maximum atomic E-state index is 5.72. The van der Waals surface area contributed by atoms with E-state index in [0.717, 1.165) is 10.1 Å². The number of anilines is 1. The van der Waals surface area contributed by atoms with E-state index in [2.05, 4.69) is 17.1 Å². The minimum atomic E-state index is 0.305. The summed E-state index contributed by atoms with van der Waals surface area (Å²) in [7, 11) is 1.98. The number of rotatable bonds is 3. The monoisotopic (exact) mass is 205 g/mol. The molecule has 0 aliphatic carbocycles. The molecule has 1 heterocycles. The molecule has 0 saturated heterocycles. The normalized spacial score (nSPS) is 13.0. The Morgan fingerprint density at radius 3 is 2.67 bits per heavy atom. The zero-order chi connectivity index (χ0) is 9.14. The molecule has 0 fully saturated rings. The average Bonchev–Trinajstić information content (AvgIpc) is 2.49. The molecular weight excluding hydrogens is 194 g/mol. The second-order valence-electron chi connectivity index (χ2n) is 2.72. The molecule has 68 valence electrons. The van der Waals surface area contributed by atoms with Crippen LogP contribution in [0.15, 0.2) is 0 Å². The molecule has 1 rings (SSSR count). The van der Waals surface area contributed by atoms with Gasteiger partial charge in [-0.3, -0.25) is 0 Å². The fraction of sp³-hybridized carbons (Fsp3) is 0.714. The van der Waals surface area contributed by atoms with Crippen LogP contribution >= 0.6 is 22.9 Å². The van der Waals surface area contributed by atoms with Gasteiger partial charge in [0.1, 0.15) is 5.01 Å². The van der Waals surface area contributed by atoms with Crippen LogP contribution in [-0.4, -0.2) is 29.2 Å². The predicted octanol–water partition coefficient (Wildman–Crippen LogP) is 1.91. The molecule has 1 unspecified atom stereocenters. The molecule has 0 amide bonds. The van der Waals surface area contributed by atoms with E-state index in [9.17, 15) is 0 Å². The lowest BCUT2D eigenvalue weighted by Gasteiger charge is -2.20. The third-order valence-corrected chi connectivity index (χ3v) is 3.08. The van der Waals surface area contributed by atoms with Gasteiger partial charge in [0.2, 0.25) is 5.13 Å². The summed E-state index contributed by atoms with van der Waals surface area (Å²) >= 11 is 7.30. The molecule has 1 atom stereocenters. The quantitative estimate of drug-likeness (QED) is 0.706. The number of aryl methyl sites for hydroxylation is 1. The van der Waals surface area contributed by atoms with Crippen molar-refractivity contribution in [1.29, 1.82) is 0 Å². The largest absolute Gasteiger partial charge is 0.346 e. The fourth-order valence-corrected chi connectivity index (χ4v) is 1.68. The third-order valence-electron chi connectivity index (χ3n) is 1.70. The Bertz CT molecular complexity index is 251. The Balaban J connectivity index is 2.70. The number of aromatic nitrogens is 2. The van der Waals surface area contributed by atoms with Gasteiger partial charge >= 0.3 is 0 Å². The van der Waals surface area contributed by atoms with Crippen LogP contribution in [-0.2, 0) is 0 Å². The topological polar surface area (TPSA) is 29.0 Å². The molecule has 0 spiro atoms. The summed E-state index contributed by atoms with van der Waals surface area (Å²) in [5.41, 5.74) is 0. The zero-order valence-electron chi connectivity index (χ0n) is 7.41. The van der Waals surface area contributed by atoms with Crippen LogP contribution in [0.25, 0.3) is 0 Å². The Morgan fingerprint density at radius 2 is 2.25 bits per heavy atom. The molecule has 0 aromatic carbocycles. The van der Waals surface area contributed by atoms with Crippen molar-refractivity contribution in [2.24, 2.45) is 0 Å². The van der Waals surface area contributed by atoms with E-state index in [-0.39, 0.29) is 0 Å². The molecule has 12 heavy (non-hydrogen) atoms. The van der Waals surface area contributed by atoms with Gasteiger partial charge in [0.15, 0.2) is 0 Å². The molecule has 0 aliphatic rings. The highest BCUT2D eigenvalue weighted by molar-refractivity contribution is 7.15. The summed E-state index contributed by atoms with van der Waals surface area (Å²) in [5, 5.41) is 9.87. The van der Waals surface area contributed by atoms with E-state index >= 15 is 0 Å². The third kappa shape index (κ3) is 2.08. The van der Waals surface area contributed by atoms with E-state index in [0.29, 0.717) is 11.9 Å². The summed E-state index contributed by atoms with van der Waals surface area (Å²) in [4.78, 5) is 2.04. The summed E-state index contributed by atoms with van der Waals surface area (Å²) in [6.45, 7) is 4.00. The maximum absolute atomic E-state index is 5.72. The van der Waals surface area contributed by atoms with Gasteiger partial charge in [0.05, 0.1) is 0 Å². The van der Waals surface area contributed by atoms with Crippen molar-refractivity contribution in [2.45, 2.75) is 19.9 Å². The first-order valence-corrected chi connectivity index (χ1v) is 5.09. The lowest BCUT2D eigenvalue weighted by molar-refractivity contribution is 0.751. The van der Waals surface area contributed by atoms with Gasteiger partial charge in [-0.2, -0.15) is 0 Å². The predicted molar refractivity (Wildman–Crippen MR) is 53.2 cm³/mol. The smallest absolute Gasteiger partial charge is 0.208 e. The van der Waals surface area contributed by atoms with E-state index in [1.54, 1.807) is 11.3 Å². The Morgan fingerprint density at radius 1 is 1.58 bits per heavy atom. The fourth-order valence-electron chi connectivity index (χ4n) is 0.721. The van der Waals surface area contributed by atoms with Crippen LogP contribution in [0.4, 0.5) is 5.13 Å². The Hall–Kier alpha value is -0.350. The van der Waals surface area contributed by atoms with Crippen molar-refractivity contribution < 1.29 is 0 Å². The summed E-state index contributed by atoms with van der Waals surface area (Å²) < 4.78 is 0. The molecule has 5 heteroatoms. The second-order valence-corrected chi connectivity index (χ2v) is 4.19. The van der Waals surface area contributed by atoms with Crippen LogP contribution in [0.1, 0.15) is 11.9 Å². The molecule has 0 saturated carbocycles. The minimum absolute atomic E-state index is 0.305. The van der Waals surface area contributed by atoms with Crippen molar-refractivity contribution in [3.63, 3.8) is 0 Å². The van der Waals surface area contributed by atoms with Crippen LogP contribution < -0.4 is 4.90 Å². The molecule has 0 bridgehead atoms. The van der Waals surface area contributed by atoms with Gasteiger partial charge in [0.25, 0.3) is 0 Å². The Labute approximate surface area is 81.4 Å². The number of hydrogen-bond acceptors (Lipinski definition) is 4. The number of alkyl halides is 1. The van der Waals surface area contributed by atoms with Crippen molar-refractivity contribution in [3.05, 3.63) is 5.01 Å². The summed E-state index contributed by atoms with van der Waals surface area (Å²) in [6.07, 6.45) is 0. The molecule has 0 N–H and O–H groups in total. The Kier molecular flexibility index (Phi) is 3.29. The van der Waals surface area contributed by atoms with Gasteiger partial charge < -0.3 is 4.90 Å². The molecule has 3 nitrogen and oxygen atoms in total. The highest BCUT2D eigenvalue weighted by Gasteiger charge is 2.12. The average molecular weight is 206 g/mol. The van der Waals surface area contributed by atoms with Gasteiger partial charge in [-0.05, 0) is 13.8 Å². The highest BCUT2D eigenvalue weighted by Crippen LogP contribution is 2.19. The van der Waals surface area contributed by atoms with E-state index in [1.165, 1.54) is 0 Å². The molecule has 1 aromatic heterocycles. The lowest BCUT2D eigenvalue weighted by Crippen LogP contribution is -2.29. The van der Waals surface area contributed by atoms with Crippen LogP contribution in [0.5, 0.6) is 0 Å². The van der Waals surface area contributed by atoms with E-state index < -0.39 is 0 Å². The minimum Gasteiger partial charge on any atom is -0.346 e. The van der Waals surface area contributed by atoms with E-state index in [1.807, 2.05) is 18.9 Å². The van der Waals surface area contributed by atoms with Crippen LogP contribution in [0.2, 0.25) is 0 Å². The van der Waals surface area contributed by atoms with Crippen LogP contribution in [0.3, 0.4) is 0 Å². The highest BCUT2D eigenvalue weighted by atomic mass is 35.5. The van der Waals surface area contributed by atoms with Gasteiger partial charge in [-0.25, -0.2) is 0 Å². The second kappa shape index (κ2) is 4.05. The van der Waals surface area contributed by atoms with Crippen molar-refractivity contribution in [3.8, 4) is 0 Å². The molecule has 1 aromatic rings. The first-order valence-electron chi connectivity index (χ1n) is 3.74. The number of nitrogens with zero attached hydrogens (tertiary/aromatic N) is 3. The van der Waals surface area contributed by atoms with Crippen molar-refractivity contribution in [1.82, 2.24) is 10.2 Å². The SMILES string of the molecule is Cc1nnc(N(C)C(C)CCl)s1. The summed E-state index contributed by atoms with van der Waals surface area (Å²) in [6, 6.07) is 0.305. The molecular formula is C7H12ClN3S. The number of hydrogen-bond donors (Lipinski definition) is 0. The van der Waals surface area contributed by atoms with Crippen LogP contribution in [0, 0.1) is 6.92 Å². The van der Waals surface area contributed by atoms with Gasteiger partial charge in [-0.1, -0.05) is 11.3 Å². The zero-order valence-corrected chi connectivity index (χ0v) is 8.98. The molecule has 0 aliphatic heterocycles. The standard InChI is InChI=1S/C7H12ClN3S/c1-5(4-8)11(3)7-10-9-6(2)12-7/h5H,4H2,1-3H3. The first-order chi connectivity index (χ1) is 5.65. The lowest BCUT2D eigenvalue weighted by atomic mass is 10.4. The van der Waals surface area contributed by atoms with Gasteiger partial charge in [-0.15, -0.1) is 21.8 Å². The first kappa shape index (κ1) is 9.74.